The van der Waals surface area contributed by atoms with Crippen LogP contribution in [0.3, 0.4) is 0 Å². The number of hydrogen-bond acceptors (Lipinski definition) is 19. The van der Waals surface area contributed by atoms with Crippen molar-refractivity contribution in [1.29, 1.82) is 0 Å². The first-order valence-corrected chi connectivity index (χ1v) is 33.0. The molecule has 0 fully saturated rings. The lowest BCUT2D eigenvalue weighted by Crippen LogP contribution is -2.21. The van der Waals surface area contributed by atoms with Crippen LogP contribution in [0.2, 0.25) is 5.28 Å². The topological polar surface area (TPSA) is 229 Å². The van der Waals surface area contributed by atoms with Gasteiger partial charge in [-0.15, -0.1) is 39.5 Å². The van der Waals surface area contributed by atoms with Gasteiger partial charge in [0, 0.05) is 65.0 Å². The van der Waals surface area contributed by atoms with E-state index in [1.54, 1.807) is 13.7 Å². The summed E-state index contributed by atoms with van der Waals surface area (Å²) in [6.45, 7) is 3.15. The minimum absolute atomic E-state index is 0.0418. The van der Waals surface area contributed by atoms with Crippen molar-refractivity contribution in [2.75, 3.05) is 88.7 Å². The number of methoxy groups -OCH3 is 5. The van der Waals surface area contributed by atoms with Crippen LogP contribution < -0.4 is 28.4 Å². The number of alkyl halides is 13. The van der Waals surface area contributed by atoms with E-state index in [0.717, 1.165) is 40.5 Å². The van der Waals surface area contributed by atoms with Gasteiger partial charge in [0.05, 0.1) is 111 Å². The van der Waals surface area contributed by atoms with Crippen molar-refractivity contribution in [2.45, 2.75) is 109 Å². The molecule has 23 nitrogen and oxygen atoms in total. The number of rotatable bonds is 16. The fourth-order valence-electron chi connectivity index (χ4n) is 11.8. The fourth-order valence-corrected chi connectivity index (χ4v) is 12.6. The van der Waals surface area contributed by atoms with Crippen molar-refractivity contribution in [3.05, 3.63) is 122 Å². The van der Waals surface area contributed by atoms with Crippen LogP contribution in [0.1, 0.15) is 55.1 Å². The lowest BCUT2D eigenvalue weighted by molar-refractivity contribution is -0.276. The summed E-state index contributed by atoms with van der Waals surface area (Å²) in [6, 6.07) is 15.7. The molecule has 4 aliphatic rings. The number of imidazole rings is 4. The molecule has 8 aromatic rings. The van der Waals surface area contributed by atoms with Gasteiger partial charge in [0.2, 0.25) is 5.28 Å². The van der Waals surface area contributed by atoms with Crippen LogP contribution in [-0.4, -0.2) is 187 Å². The van der Waals surface area contributed by atoms with E-state index in [9.17, 15) is 66.7 Å². The standard InChI is InChI=1S/C23H23F4N3O3.C18H18F4N2O5.C16H15BrF4N2O3.C10H12ClFN2O3/c1-13-8-16(9-14(2)28-13)21-18-6-7-32-17(11-24)12-30(18)22(29-21)15-4-5-19(20(10-15)31-3)33-23(25,26)27;1-26-14-7-10(3-4-13(14)29-18(20,21)22)16-23-15(17(25)27-2)12-5-6-28-11(8-19)9-24(12)16;1-24-13-6-9(2-3-12(13)26-16(19,20)21)15-22-14(17)11-4-5-25-10(7-18)8-23(11)15;1-16-9(15)8-7-2-3-17-6(4-12)5-14(7)10(11)13-8/h4-5,8-10,17H,6-7,11-12H2,1-3H3;3-4,7,11H,5-6,8-9H2,1-2H3;2-3,6,10H,4-5,7-8H2,1H3;6H,2-5H2,1H3/t17-;11-;10-;6-/m1111/s1. The highest BCUT2D eigenvalue weighted by molar-refractivity contribution is 9.10. The first-order chi connectivity index (χ1) is 49.9. The minimum atomic E-state index is -4.89. The molecule has 0 saturated heterocycles. The number of pyridine rings is 1. The maximum atomic E-state index is 13.5. The number of nitrogens with zero attached hydrogens (tertiary/aromatic N) is 9. The zero-order valence-corrected chi connectivity index (χ0v) is 59.2. The highest BCUT2D eigenvalue weighted by atomic mass is 79.9. The summed E-state index contributed by atoms with van der Waals surface area (Å²) in [5.41, 5.74) is 7.66. The number of ether oxygens (including phenoxy) is 12. The Kier molecular flexibility index (Phi) is 26.7. The Morgan fingerprint density at radius 3 is 1.16 bits per heavy atom. The van der Waals surface area contributed by atoms with E-state index >= 15 is 0 Å². The Morgan fingerprint density at radius 2 is 0.781 bits per heavy atom. The van der Waals surface area contributed by atoms with E-state index in [4.69, 9.17) is 54.5 Å². The molecule has 0 unspecified atom stereocenters. The van der Waals surface area contributed by atoms with E-state index < -0.39 is 99.4 Å². The van der Waals surface area contributed by atoms with Crippen molar-refractivity contribution in [3.8, 4) is 79.9 Å². The molecule has 3 aromatic carbocycles. The zero-order valence-electron chi connectivity index (χ0n) is 56.9. The van der Waals surface area contributed by atoms with Gasteiger partial charge in [0.15, 0.2) is 45.9 Å². The third kappa shape index (κ3) is 20.0. The fraction of sp³-hybridized carbons (Fsp3) is 0.448. The molecule has 12 rings (SSSR count). The van der Waals surface area contributed by atoms with Crippen LogP contribution in [0.5, 0.6) is 34.5 Å². The number of hydrogen-bond donors (Lipinski definition) is 0. The number of fused-ring (bicyclic) bond motifs is 4. The summed E-state index contributed by atoms with van der Waals surface area (Å²) in [5, 5.41) is 0.157. The number of carbonyl (C=O) groups is 2. The second-order valence-corrected chi connectivity index (χ2v) is 24.3. The number of aromatic nitrogens is 9. The molecule has 0 N–H and O–H groups in total. The number of carbonyl (C=O) groups excluding carboxylic acids is 2. The van der Waals surface area contributed by atoms with Crippen LogP contribution in [0.25, 0.3) is 45.4 Å². The summed E-state index contributed by atoms with van der Waals surface area (Å²) in [4.78, 5) is 45.6. The molecule has 0 aliphatic carbocycles. The molecule has 0 amide bonds. The van der Waals surface area contributed by atoms with Crippen LogP contribution in [0, 0.1) is 13.8 Å². The van der Waals surface area contributed by atoms with Crippen molar-refractivity contribution in [3.63, 3.8) is 0 Å². The van der Waals surface area contributed by atoms with Crippen molar-refractivity contribution in [1.82, 2.24) is 43.2 Å². The van der Waals surface area contributed by atoms with Crippen LogP contribution >= 0.6 is 27.5 Å². The molecule has 9 heterocycles. The number of esters is 2. The van der Waals surface area contributed by atoms with Crippen LogP contribution in [0.4, 0.5) is 57.1 Å². The highest BCUT2D eigenvalue weighted by Gasteiger charge is 2.37. The molecule has 0 bridgehead atoms. The van der Waals surface area contributed by atoms with Gasteiger partial charge in [-0.25, -0.2) is 47.1 Å². The molecule has 4 aliphatic heterocycles. The smallest absolute Gasteiger partial charge is 0.493 e. The van der Waals surface area contributed by atoms with Crippen LogP contribution in [0.15, 0.2) is 71.3 Å². The van der Waals surface area contributed by atoms with E-state index in [-0.39, 0.29) is 72.5 Å². The van der Waals surface area contributed by atoms with Gasteiger partial charge in [-0.2, -0.15) is 0 Å². The molecule has 5 aromatic heterocycles. The third-order valence-electron chi connectivity index (χ3n) is 16.3. The second-order valence-electron chi connectivity index (χ2n) is 23.2. The van der Waals surface area contributed by atoms with Gasteiger partial charge in [0.1, 0.15) is 73.2 Å². The van der Waals surface area contributed by atoms with Gasteiger partial charge < -0.3 is 75.1 Å². The van der Waals surface area contributed by atoms with Gasteiger partial charge >= 0.3 is 31.0 Å². The highest BCUT2D eigenvalue weighted by Crippen LogP contribution is 2.42. The second kappa shape index (κ2) is 35.0. The molecule has 0 saturated carbocycles. The Hall–Kier alpha value is -8.91. The minimum Gasteiger partial charge on any atom is -0.493 e. The largest absolute Gasteiger partial charge is 0.573 e. The van der Waals surface area contributed by atoms with Gasteiger partial charge in [-0.3, -0.25) is 4.98 Å². The van der Waals surface area contributed by atoms with Gasteiger partial charge in [-0.05, 0) is 108 Å². The molecular weight excluding hydrogens is 1520 g/mol. The number of aryl methyl sites for hydroxylation is 2. The lowest BCUT2D eigenvalue weighted by atomic mass is 10.1. The Bertz CT molecular complexity index is 4320. The van der Waals surface area contributed by atoms with E-state index in [2.05, 4.69) is 54.8 Å². The third-order valence-corrected chi connectivity index (χ3v) is 17.2. The van der Waals surface area contributed by atoms with E-state index in [1.807, 2.05) is 30.5 Å². The summed E-state index contributed by atoms with van der Waals surface area (Å²) in [5.74, 6) is -1.79. The Balaban J connectivity index is 0.000000166. The molecule has 570 valence electrons. The molecule has 0 spiro atoms. The van der Waals surface area contributed by atoms with Crippen molar-refractivity contribution in [2.24, 2.45) is 0 Å². The monoisotopic (exact) mass is 1580 g/mol. The summed E-state index contributed by atoms with van der Waals surface area (Å²) in [7, 11) is 6.19. The van der Waals surface area contributed by atoms with Crippen molar-refractivity contribution < 1.29 is 124 Å². The van der Waals surface area contributed by atoms with E-state index in [1.165, 1.54) is 78.0 Å². The van der Waals surface area contributed by atoms with Gasteiger partial charge in [-0.1, -0.05) is 0 Å². The maximum absolute atomic E-state index is 13.5. The average Bonchev–Trinajstić information content (AvgIpc) is 1.65. The SMILES string of the molecule is COC(=O)c1nc(-c2ccc(OC(F)(F)F)c(OC)c2)n2c1CCO[C@H](CF)C2.COC(=O)c1nc(Cl)n2c1CCO[C@H](CF)C2.COc1cc(-c2nc(-c3cc(C)nc(C)c3)c3n2C[C@@H](CF)OCC3)ccc1OC(F)(F)F.COc1cc(-c2nc(Br)c3n2C[C@@H](CF)OCC3)ccc1OC(F)(F)F. The quantitative estimate of drug-likeness (QED) is 0.0646. The molecule has 0 radical (unpaired) electrons. The number of benzene rings is 3. The predicted octanol–water partition coefficient (Wildman–Crippen LogP) is 13.6. The summed E-state index contributed by atoms with van der Waals surface area (Å²) >= 11 is 9.31. The predicted molar refractivity (Wildman–Crippen MR) is 351 cm³/mol. The first-order valence-electron chi connectivity index (χ1n) is 31.8. The maximum Gasteiger partial charge on any atom is 0.573 e. The zero-order chi connectivity index (χ0) is 76.2. The van der Waals surface area contributed by atoms with E-state index in [0.29, 0.717) is 95.5 Å². The molecular formula is C67H68BrClF13N9O14. The average molecular weight is 1590 g/mol. The normalized spacial score (nSPS) is 17.2. The summed E-state index contributed by atoms with van der Waals surface area (Å²) in [6.07, 6.45) is -15.3. The molecule has 38 heteroatoms. The molecule has 4 atom stereocenters. The lowest BCUT2D eigenvalue weighted by Gasteiger charge is -2.16. The van der Waals surface area contributed by atoms with Gasteiger partial charge in [0.25, 0.3) is 0 Å². The number of halogens is 15. The summed E-state index contributed by atoms with van der Waals surface area (Å²) < 4.78 is 232. The first kappa shape index (κ1) is 80.2. The van der Waals surface area contributed by atoms with Crippen LogP contribution in [-0.2, 0) is 80.3 Å². The Labute approximate surface area is 603 Å². The molecule has 105 heavy (non-hydrogen) atoms. The Morgan fingerprint density at radius 1 is 0.448 bits per heavy atom. The van der Waals surface area contributed by atoms with Crippen molar-refractivity contribution >= 4 is 39.5 Å².